The van der Waals surface area contributed by atoms with Crippen LogP contribution in [0.5, 0.6) is 0 Å². The number of nitrogens with one attached hydrogen (secondary N) is 1. The van der Waals surface area contributed by atoms with Crippen molar-refractivity contribution in [2.24, 2.45) is 0 Å². The van der Waals surface area contributed by atoms with Crippen LogP contribution in [0, 0.1) is 6.92 Å². The first kappa shape index (κ1) is 19.8. The van der Waals surface area contributed by atoms with Crippen LogP contribution < -0.4 is 10.9 Å². The number of pyridine rings is 1. The summed E-state index contributed by atoms with van der Waals surface area (Å²) in [5.41, 5.74) is 2.33. The third kappa shape index (κ3) is 4.23. The molecule has 0 unspecified atom stereocenters. The van der Waals surface area contributed by atoms with Gasteiger partial charge in [0.2, 0.25) is 11.7 Å². The van der Waals surface area contributed by atoms with Crippen molar-refractivity contribution >= 4 is 27.5 Å². The fourth-order valence-corrected chi connectivity index (χ4v) is 3.24. The highest BCUT2D eigenvalue weighted by molar-refractivity contribution is 9.10. The summed E-state index contributed by atoms with van der Waals surface area (Å²) >= 11 is 3.35. The average Bonchev–Trinajstić information content (AvgIpc) is 3.21. The van der Waals surface area contributed by atoms with Crippen LogP contribution in [0.15, 0.2) is 80.7 Å². The molecule has 4 rings (SSSR count). The zero-order chi connectivity index (χ0) is 21.1. The molecular weight excluding hydrogens is 448 g/mol. The SMILES string of the molecule is Cc1ccccc1-c1noc(-c2cccn(CC(=O)Nc3ccc(Br)cc3)c2=O)n1. The first-order valence-electron chi connectivity index (χ1n) is 9.16. The maximum atomic E-state index is 12.9. The Balaban J connectivity index is 1.56. The number of amides is 1. The van der Waals surface area contributed by atoms with Gasteiger partial charge in [-0.3, -0.25) is 9.59 Å². The summed E-state index contributed by atoms with van der Waals surface area (Å²) in [6, 6.07) is 18.1. The number of carbonyl (C=O) groups excluding carboxylic acids is 1. The molecule has 0 aliphatic heterocycles. The number of nitrogens with zero attached hydrogens (tertiary/aromatic N) is 3. The van der Waals surface area contributed by atoms with Gasteiger partial charge in [0.15, 0.2) is 0 Å². The summed E-state index contributed by atoms with van der Waals surface area (Å²) in [5, 5.41) is 6.77. The van der Waals surface area contributed by atoms with E-state index in [-0.39, 0.29) is 29.5 Å². The minimum absolute atomic E-state index is 0.112. The molecule has 0 fully saturated rings. The number of hydrogen-bond acceptors (Lipinski definition) is 5. The Labute approximate surface area is 180 Å². The fourth-order valence-electron chi connectivity index (χ4n) is 2.98. The Morgan fingerprint density at radius 3 is 2.57 bits per heavy atom. The number of aryl methyl sites for hydroxylation is 1. The largest absolute Gasteiger partial charge is 0.333 e. The lowest BCUT2D eigenvalue weighted by Crippen LogP contribution is -2.28. The van der Waals surface area contributed by atoms with E-state index in [1.807, 2.05) is 43.3 Å². The summed E-state index contributed by atoms with van der Waals surface area (Å²) in [7, 11) is 0. The minimum Gasteiger partial charge on any atom is -0.333 e. The number of rotatable bonds is 5. The predicted molar refractivity (Wildman–Crippen MR) is 117 cm³/mol. The van der Waals surface area contributed by atoms with Gasteiger partial charge in [-0.2, -0.15) is 4.98 Å². The Morgan fingerprint density at radius 2 is 1.80 bits per heavy atom. The molecule has 0 saturated heterocycles. The van der Waals surface area contributed by atoms with Crippen LogP contribution in [-0.2, 0) is 11.3 Å². The predicted octanol–water partition coefficient (Wildman–Crippen LogP) is 4.27. The normalized spacial score (nSPS) is 10.7. The summed E-state index contributed by atoms with van der Waals surface area (Å²) < 4.78 is 7.55. The third-order valence-electron chi connectivity index (χ3n) is 4.50. The molecule has 0 aliphatic rings. The molecule has 0 bridgehead atoms. The Kier molecular flexibility index (Phi) is 5.58. The van der Waals surface area contributed by atoms with E-state index in [1.165, 1.54) is 4.57 Å². The third-order valence-corrected chi connectivity index (χ3v) is 5.03. The van der Waals surface area contributed by atoms with Crippen molar-refractivity contribution in [2.75, 3.05) is 5.32 Å². The molecule has 30 heavy (non-hydrogen) atoms. The highest BCUT2D eigenvalue weighted by Gasteiger charge is 2.16. The molecule has 7 nitrogen and oxygen atoms in total. The molecule has 1 amide bonds. The molecular formula is C22H17BrN4O3. The molecule has 2 aromatic heterocycles. The molecule has 2 aromatic carbocycles. The average molecular weight is 465 g/mol. The van der Waals surface area contributed by atoms with Crippen LogP contribution >= 0.6 is 15.9 Å². The van der Waals surface area contributed by atoms with Crippen LogP contribution in [0.3, 0.4) is 0 Å². The van der Waals surface area contributed by atoms with Crippen LogP contribution in [-0.4, -0.2) is 20.6 Å². The van der Waals surface area contributed by atoms with Gasteiger partial charge in [0, 0.05) is 21.9 Å². The zero-order valence-corrected chi connectivity index (χ0v) is 17.6. The molecule has 1 N–H and O–H groups in total. The van der Waals surface area contributed by atoms with Crippen LogP contribution in [0.4, 0.5) is 5.69 Å². The number of hydrogen-bond donors (Lipinski definition) is 1. The molecule has 0 atom stereocenters. The van der Waals surface area contributed by atoms with E-state index in [0.717, 1.165) is 15.6 Å². The number of carbonyl (C=O) groups is 1. The standard InChI is InChI=1S/C22H17BrN4O3/c1-14-5-2-3-6-17(14)20-25-21(30-26-20)18-7-4-12-27(22(18)29)13-19(28)24-16-10-8-15(23)9-11-16/h2-12H,13H2,1H3,(H,24,28). The minimum atomic E-state index is -0.386. The number of benzene rings is 2. The highest BCUT2D eigenvalue weighted by Crippen LogP contribution is 2.22. The van der Waals surface area contributed by atoms with E-state index in [1.54, 1.807) is 30.5 Å². The molecule has 0 saturated carbocycles. The van der Waals surface area contributed by atoms with E-state index in [4.69, 9.17) is 4.52 Å². The number of anilines is 1. The monoisotopic (exact) mass is 464 g/mol. The van der Waals surface area contributed by atoms with Gasteiger partial charge in [0.1, 0.15) is 12.1 Å². The van der Waals surface area contributed by atoms with Crippen molar-refractivity contribution in [1.29, 1.82) is 0 Å². The van der Waals surface area contributed by atoms with Crippen LogP contribution in [0.25, 0.3) is 22.8 Å². The lowest BCUT2D eigenvalue weighted by molar-refractivity contribution is -0.116. The first-order chi connectivity index (χ1) is 14.5. The van der Waals surface area contributed by atoms with Crippen LogP contribution in [0.2, 0.25) is 0 Å². The fraction of sp³-hybridized carbons (Fsp3) is 0.0909. The molecule has 0 spiro atoms. The Morgan fingerprint density at radius 1 is 1.07 bits per heavy atom. The van der Waals surface area contributed by atoms with Gasteiger partial charge in [-0.05, 0) is 48.9 Å². The van der Waals surface area contributed by atoms with E-state index in [9.17, 15) is 9.59 Å². The van der Waals surface area contributed by atoms with E-state index >= 15 is 0 Å². The molecule has 2 heterocycles. The first-order valence-corrected chi connectivity index (χ1v) is 9.95. The van der Waals surface area contributed by atoms with Gasteiger partial charge < -0.3 is 14.4 Å². The van der Waals surface area contributed by atoms with Crippen molar-refractivity contribution in [3.05, 3.63) is 87.3 Å². The summed E-state index contributed by atoms with van der Waals surface area (Å²) in [5.74, 6) is 0.203. The number of halogens is 1. The van der Waals surface area contributed by atoms with Crippen molar-refractivity contribution < 1.29 is 9.32 Å². The van der Waals surface area contributed by atoms with Crippen molar-refractivity contribution in [3.63, 3.8) is 0 Å². The molecule has 0 radical (unpaired) electrons. The van der Waals surface area contributed by atoms with Gasteiger partial charge in [-0.1, -0.05) is 45.4 Å². The maximum absolute atomic E-state index is 12.9. The van der Waals surface area contributed by atoms with E-state index < -0.39 is 0 Å². The van der Waals surface area contributed by atoms with E-state index in [0.29, 0.717) is 11.5 Å². The topological polar surface area (TPSA) is 90.0 Å². The second-order valence-corrected chi connectivity index (χ2v) is 7.56. The Bertz CT molecular complexity index is 1260. The lowest BCUT2D eigenvalue weighted by atomic mass is 10.1. The van der Waals surface area contributed by atoms with Crippen LogP contribution in [0.1, 0.15) is 5.56 Å². The molecule has 150 valence electrons. The number of aromatic nitrogens is 3. The Hall–Kier alpha value is -3.52. The summed E-state index contributed by atoms with van der Waals surface area (Å²) in [4.78, 5) is 29.6. The lowest BCUT2D eigenvalue weighted by Gasteiger charge is -2.08. The molecule has 0 aliphatic carbocycles. The smallest absolute Gasteiger partial charge is 0.263 e. The van der Waals surface area contributed by atoms with E-state index in [2.05, 4.69) is 31.4 Å². The van der Waals surface area contributed by atoms with Gasteiger partial charge in [-0.25, -0.2) is 0 Å². The quantitative estimate of drug-likeness (QED) is 0.476. The highest BCUT2D eigenvalue weighted by atomic mass is 79.9. The zero-order valence-electron chi connectivity index (χ0n) is 16.0. The molecule has 8 heteroatoms. The van der Waals surface area contributed by atoms with Crippen molar-refractivity contribution in [2.45, 2.75) is 13.5 Å². The second-order valence-electron chi connectivity index (χ2n) is 6.65. The summed E-state index contributed by atoms with van der Waals surface area (Å²) in [6.45, 7) is 1.81. The van der Waals surface area contributed by atoms with Crippen molar-refractivity contribution in [3.8, 4) is 22.8 Å². The van der Waals surface area contributed by atoms with Gasteiger partial charge >= 0.3 is 0 Å². The van der Waals surface area contributed by atoms with Gasteiger partial charge in [-0.15, -0.1) is 0 Å². The van der Waals surface area contributed by atoms with Gasteiger partial charge in [0.25, 0.3) is 11.4 Å². The second kappa shape index (κ2) is 8.46. The summed E-state index contributed by atoms with van der Waals surface area (Å²) in [6.07, 6.45) is 1.55. The maximum Gasteiger partial charge on any atom is 0.263 e. The van der Waals surface area contributed by atoms with Gasteiger partial charge in [0.05, 0.1) is 0 Å². The molecule has 4 aromatic rings. The van der Waals surface area contributed by atoms with Crippen molar-refractivity contribution in [1.82, 2.24) is 14.7 Å².